The number of rotatable bonds is 8. The van der Waals surface area contributed by atoms with Gasteiger partial charge in [0.25, 0.3) is 0 Å². The molecule has 0 aromatic heterocycles. The van der Waals surface area contributed by atoms with Crippen LogP contribution in [0.25, 0.3) is 0 Å². The van der Waals surface area contributed by atoms with Crippen molar-refractivity contribution in [2.75, 3.05) is 49.6 Å². The zero-order valence-corrected chi connectivity index (χ0v) is 16.1. The lowest BCUT2D eigenvalue weighted by Crippen LogP contribution is -2.36. The number of nitrogens with zero attached hydrogens (tertiary/aromatic N) is 2. The van der Waals surface area contributed by atoms with E-state index in [1.54, 1.807) is 0 Å². The number of carbonyl (C=O) groups excluding carboxylic acids is 1. The van der Waals surface area contributed by atoms with Crippen molar-refractivity contribution in [1.82, 2.24) is 4.90 Å². The van der Waals surface area contributed by atoms with Crippen LogP contribution in [0.4, 0.5) is 11.4 Å². The maximum absolute atomic E-state index is 12.5. The fourth-order valence-corrected chi connectivity index (χ4v) is 3.35. The number of hydrogen-bond donors (Lipinski definition) is 1. The molecule has 27 heavy (non-hydrogen) atoms. The van der Waals surface area contributed by atoms with E-state index >= 15 is 0 Å². The van der Waals surface area contributed by atoms with Gasteiger partial charge in [0.1, 0.15) is 0 Å². The molecule has 5 nitrogen and oxygen atoms in total. The van der Waals surface area contributed by atoms with Crippen molar-refractivity contribution in [2.45, 2.75) is 19.9 Å². The molecule has 0 spiro atoms. The lowest BCUT2D eigenvalue weighted by molar-refractivity contribution is -0.117. The molecule has 1 heterocycles. The van der Waals surface area contributed by atoms with E-state index in [1.807, 2.05) is 30.3 Å². The summed E-state index contributed by atoms with van der Waals surface area (Å²) in [7, 11) is 0. The first-order valence-corrected chi connectivity index (χ1v) is 9.73. The van der Waals surface area contributed by atoms with Crippen LogP contribution in [0, 0.1) is 0 Å². The topological polar surface area (TPSA) is 44.8 Å². The first kappa shape index (κ1) is 19.4. The molecule has 2 aromatic rings. The number of anilines is 2. The van der Waals surface area contributed by atoms with Crippen LogP contribution in [-0.2, 0) is 16.1 Å². The summed E-state index contributed by atoms with van der Waals surface area (Å²) in [5.74, 6) is 0.0264. The van der Waals surface area contributed by atoms with Gasteiger partial charge in [-0.15, -0.1) is 0 Å². The number of amides is 1. The molecule has 1 saturated heterocycles. The number of nitrogens with one attached hydrogen (secondary N) is 1. The Hall–Kier alpha value is -2.37. The van der Waals surface area contributed by atoms with Crippen molar-refractivity contribution in [1.29, 1.82) is 0 Å². The second-order valence-electron chi connectivity index (χ2n) is 6.89. The Labute approximate surface area is 161 Å². The molecule has 0 radical (unpaired) electrons. The molecular weight excluding hydrogens is 338 g/mol. The monoisotopic (exact) mass is 367 g/mol. The molecule has 0 saturated carbocycles. The minimum absolute atomic E-state index is 0.0264. The Kier molecular flexibility index (Phi) is 7.25. The molecule has 0 bridgehead atoms. The zero-order chi connectivity index (χ0) is 18.9. The van der Waals surface area contributed by atoms with Crippen molar-refractivity contribution in [3.63, 3.8) is 0 Å². The fourth-order valence-electron chi connectivity index (χ4n) is 3.35. The second kappa shape index (κ2) is 10.1. The molecule has 1 fully saturated rings. The van der Waals surface area contributed by atoms with Gasteiger partial charge in [0, 0.05) is 31.0 Å². The van der Waals surface area contributed by atoms with Crippen LogP contribution < -0.4 is 10.2 Å². The van der Waals surface area contributed by atoms with Gasteiger partial charge in [0.05, 0.1) is 19.8 Å². The van der Waals surface area contributed by atoms with Crippen LogP contribution >= 0.6 is 0 Å². The van der Waals surface area contributed by atoms with E-state index in [0.717, 1.165) is 51.5 Å². The minimum atomic E-state index is 0.0264. The van der Waals surface area contributed by atoms with E-state index < -0.39 is 0 Å². The number of benzene rings is 2. The Morgan fingerprint density at radius 3 is 2.44 bits per heavy atom. The number of morpholine rings is 1. The Bertz CT molecular complexity index is 697. The third-order valence-electron chi connectivity index (χ3n) is 4.68. The van der Waals surface area contributed by atoms with Crippen molar-refractivity contribution in [3.05, 3.63) is 60.2 Å². The van der Waals surface area contributed by atoms with Gasteiger partial charge in [-0.3, -0.25) is 9.69 Å². The summed E-state index contributed by atoms with van der Waals surface area (Å²) >= 11 is 0. The average molecular weight is 367 g/mol. The van der Waals surface area contributed by atoms with Gasteiger partial charge >= 0.3 is 0 Å². The third-order valence-corrected chi connectivity index (χ3v) is 4.68. The summed E-state index contributed by atoms with van der Waals surface area (Å²) in [5, 5.41) is 3.02. The summed E-state index contributed by atoms with van der Waals surface area (Å²) in [4.78, 5) is 17.0. The Balaban J connectivity index is 1.53. The minimum Gasteiger partial charge on any atom is -0.378 e. The van der Waals surface area contributed by atoms with Crippen molar-refractivity contribution in [3.8, 4) is 0 Å². The average Bonchev–Trinajstić information content (AvgIpc) is 2.70. The molecule has 2 aromatic carbocycles. The van der Waals surface area contributed by atoms with Crippen molar-refractivity contribution in [2.24, 2.45) is 0 Å². The first-order chi connectivity index (χ1) is 13.2. The van der Waals surface area contributed by atoms with Crippen molar-refractivity contribution >= 4 is 17.3 Å². The van der Waals surface area contributed by atoms with Gasteiger partial charge in [0.15, 0.2) is 0 Å². The quantitative estimate of drug-likeness (QED) is 0.777. The summed E-state index contributed by atoms with van der Waals surface area (Å²) in [5.41, 5.74) is 3.25. The van der Waals surface area contributed by atoms with Gasteiger partial charge < -0.3 is 15.0 Å². The van der Waals surface area contributed by atoms with Crippen LogP contribution in [0.2, 0.25) is 0 Å². The molecule has 144 valence electrons. The van der Waals surface area contributed by atoms with E-state index in [-0.39, 0.29) is 5.91 Å². The maximum Gasteiger partial charge on any atom is 0.238 e. The number of ether oxygens (including phenoxy) is 1. The molecular formula is C22H29N3O2. The predicted molar refractivity (Wildman–Crippen MR) is 110 cm³/mol. The fraction of sp³-hybridized carbons (Fsp3) is 0.409. The summed E-state index contributed by atoms with van der Waals surface area (Å²) in [6.45, 7) is 7.60. The lowest BCUT2D eigenvalue weighted by Gasteiger charge is -2.29. The standard InChI is InChI=1S/C22H29N3O2/c1-2-12-24(17-19-6-4-3-5-7-19)18-22(26)23-20-8-10-21(11-9-20)25-13-15-27-16-14-25/h3-11H,2,12-18H2,1H3,(H,23,26). The molecule has 1 N–H and O–H groups in total. The van der Waals surface area contributed by atoms with Gasteiger partial charge in [0.2, 0.25) is 5.91 Å². The van der Waals surface area contributed by atoms with E-state index in [0.29, 0.717) is 6.54 Å². The van der Waals surface area contributed by atoms with Crippen molar-refractivity contribution < 1.29 is 9.53 Å². The molecule has 0 unspecified atom stereocenters. The Morgan fingerprint density at radius 2 is 1.78 bits per heavy atom. The number of hydrogen-bond acceptors (Lipinski definition) is 4. The molecule has 0 atom stereocenters. The first-order valence-electron chi connectivity index (χ1n) is 9.73. The smallest absolute Gasteiger partial charge is 0.238 e. The van der Waals surface area contributed by atoms with Crippen LogP contribution in [0.15, 0.2) is 54.6 Å². The normalized spacial score (nSPS) is 14.4. The van der Waals surface area contributed by atoms with Crippen LogP contribution in [0.3, 0.4) is 0 Å². The maximum atomic E-state index is 12.5. The predicted octanol–water partition coefficient (Wildman–Crippen LogP) is 3.37. The summed E-state index contributed by atoms with van der Waals surface area (Å²) in [6, 6.07) is 18.4. The Morgan fingerprint density at radius 1 is 1.07 bits per heavy atom. The summed E-state index contributed by atoms with van der Waals surface area (Å²) in [6.07, 6.45) is 1.02. The molecule has 1 aliphatic heterocycles. The van der Waals surface area contributed by atoms with Gasteiger partial charge in [-0.25, -0.2) is 0 Å². The van der Waals surface area contributed by atoms with Gasteiger partial charge in [-0.05, 0) is 42.8 Å². The highest BCUT2D eigenvalue weighted by Gasteiger charge is 2.13. The molecule has 0 aliphatic carbocycles. The highest BCUT2D eigenvalue weighted by atomic mass is 16.5. The van der Waals surface area contributed by atoms with Crippen LogP contribution in [0.1, 0.15) is 18.9 Å². The van der Waals surface area contributed by atoms with Crippen LogP contribution in [0.5, 0.6) is 0 Å². The third kappa shape index (κ3) is 6.08. The number of carbonyl (C=O) groups is 1. The van der Waals surface area contributed by atoms with Gasteiger partial charge in [-0.2, -0.15) is 0 Å². The molecule has 1 aliphatic rings. The molecule has 3 rings (SSSR count). The highest BCUT2D eigenvalue weighted by molar-refractivity contribution is 5.92. The zero-order valence-electron chi connectivity index (χ0n) is 16.1. The largest absolute Gasteiger partial charge is 0.378 e. The highest BCUT2D eigenvalue weighted by Crippen LogP contribution is 2.19. The van der Waals surface area contributed by atoms with E-state index in [2.05, 4.69) is 46.3 Å². The van der Waals surface area contributed by atoms with E-state index in [4.69, 9.17) is 4.74 Å². The summed E-state index contributed by atoms with van der Waals surface area (Å²) < 4.78 is 5.39. The van der Waals surface area contributed by atoms with E-state index in [1.165, 1.54) is 11.3 Å². The van der Waals surface area contributed by atoms with E-state index in [9.17, 15) is 4.79 Å². The SMILES string of the molecule is CCCN(CC(=O)Nc1ccc(N2CCOCC2)cc1)Cc1ccccc1. The lowest BCUT2D eigenvalue weighted by atomic mass is 10.2. The molecule has 1 amide bonds. The van der Waals surface area contributed by atoms with Crippen LogP contribution in [-0.4, -0.2) is 50.2 Å². The second-order valence-corrected chi connectivity index (χ2v) is 6.89. The van der Waals surface area contributed by atoms with Gasteiger partial charge in [-0.1, -0.05) is 37.3 Å². The molecule has 5 heteroatoms.